The first-order valence-electron chi connectivity index (χ1n) is 4.95. The van der Waals surface area contributed by atoms with Crippen molar-refractivity contribution in [3.63, 3.8) is 0 Å². The van der Waals surface area contributed by atoms with Crippen molar-refractivity contribution in [2.45, 2.75) is 38.5 Å². The summed E-state index contributed by atoms with van der Waals surface area (Å²) >= 11 is 0. The molecule has 2 atom stereocenters. The zero-order valence-corrected chi connectivity index (χ0v) is 6.55. The second-order valence-corrected chi connectivity index (χ2v) is 4.58. The van der Waals surface area contributed by atoms with Gasteiger partial charge in [0.2, 0.25) is 0 Å². The van der Waals surface area contributed by atoms with Gasteiger partial charge in [0.05, 0.1) is 0 Å². The predicted octanol–water partition coefficient (Wildman–Crippen LogP) is 2.83. The minimum absolute atomic E-state index is 1.18. The van der Waals surface area contributed by atoms with Crippen molar-refractivity contribution in [3.8, 4) is 0 Å². The van der Waals surface area contributed by atoms with Crippen LogP contribution in [-0.2, 0) is 0 Å². The van der Waals surface area contributed by atoms with Crippen molar-refractivity contribution < 1.29 is 0 Å². The highest BCUT2D eigenvalue weighted by atomic mass is 14.5. The maximum absolute atomic E-state index is 1.59. The van der Waals surface area contributed by atoms with Crippen molar-refractivity contribution in [1.29, 1.82) is 0 Å². The monoisotopic (exact) mass is 136 g/mol. The molecule has 4 aliphatic rings. The van der Waals surface area contributed by atoms with Crippen LogP contribution in [0.4, 0.5) is 0 Å². The van der Waals surface area contributed by atoms with Gasteiger partial charge >= 0.3 is 0 Å². The average molecular weight is 136 g/mol. The smallest absolute Gasteiger partial charge is 0.0355 e. The molecule has 0 aromatic carbocycles. The highest BCUT2D eigenvalue weighted by Gasteiger charge is 2.47. The highest BCUT2D eigenvalue weighted by molar-refractivity contribution is 4.97. The summed E-state index contributed by atoms with van der Waals surface area (Å²) in [4.78, 5) is 0. The molecule has 0 aromatic rings. The second-order valence-electron chi connectivity index (χ2n) is 4.58. The third-order valence-electron chi connectivity index (χ3n) is 4.41. The Balaban J connectivity index is 1.88. The van der Waals surface area contributed by atoms with Crippen LogP contribution in [0.15, 0.2) is 0 Å². The lowest BCUT2D eigenvalue weighted by Gasteiger charge is -2.55. The van der Waals surface area contributed by atoms with Crippen LogP contribution in [0, 0.1) is 23.7 Å². The molecule has 0 saturated heterocycles. The van der Waals surface area contributed by atoms with Crippen LogP contribution in [0.5, 0.6) is 0 Å². The van der Waals surface area contributed by atoms with Crippen molar-refractivity contribution in [1.82, 2.24) is 0 Å². The second kappa shape index (κ2) is 1.78. The molecule has 4 fully saturated rings. The van der Waals surface area contributed by atoms with Crippen LogP contribution in [-0.4, -0.2) is 0 Å². The molecule has 56 valence electrons. The molecule has 0 nitrogen and oxygen atoms in total. The van der Waals surface area contributed by atoms with E-state index in [2.05, 4.69) is 0 Å². The first kappa shape index (κ1) is 5.62. The number of fused-ring (bicyclic) bond motifs is 2. The van der Waals surface area contributed by atoms with Crippen LogP contribution < -0.4 is 0 Å². The molecular formula is C10H16. The summed E-state index contributed by atoms with van der Waals surface area (Å²) in [6, 6.07) is 0. The van der Waals surface area contributed by atoms with E-state index >= 15 is 0 Å². The zero-order chi connectivity index (χ0) is 6.55. The topological polar surface area (TPSA) is 0 Å². The quantitative estimate of drug-likeness (QED) is 0.480. The van der Waals surface area contributed by atoms with Crippen LogP contribution in [0.1, 0.15) is 38.5 Å². The molecule has 0 aromatic heterocycles. The molecule has 2 unspecified atom stereocenters. The van der Waals surface area contributed by atoms with Gasteiger partial charge in [-0.15, -0.1) is 0 Å². The van der Waals surface area contributed by atoms with Gasteiger partial charge in [0, 0.05) is 0 Å². The van der Waals surface area contributed by atoms with Gasteiger partial charge in [0.15, 0.2) is 0 Å². The van der Waals surface area contributed by atoms with Crippen LogP contribution in [0.3, 0.4) is 0 Å². The Labute approximate surface area is 63.0 Å². The predicted molar refractivity (Wildman–Crippen MR) is 41.7 cm³/mol. The number of hydrogen-bond acceptors (Lipinski definition) is 0. The fraction of sp³-hybridized carbons (Fsp3) is 1.00. The summed E-state index contributed by atoms with van der Waals surface area (Å²) in [6.45, 7) is 0. The van der Waals surface area contributed by atoms with Gasteiger partial charge in [-0.1, -0.05) is 0 Å². The fourth-order valence-corrected chi connectivity index (χ4v) is 3.72. The van der Waals surface area contributed by atoms with Gasteiger partial charge in [-0.25, -0.2) is 0 Å². The highest BCUT2D eigenvalue weighted by Crippen LogP contribution is 2.57. The van der Waals surface area contributed by atoms with E-state index in [-0.39, 0.29) is 0 Å². The van der Waals surface area contributed by atoms with E-state index in [9.17, 15) is 0 Å². The third kappa shape index (κ3) is 0.538. The summed E-state index contributed by atoms with van der Waals surface area (Å²) in [5.41, 5.74) is 0. The van der Waals surface area contributed by atoms with Crippen LogP contribution in [0.2, 0.25) is 0 Å². The molecule has 0 N–H and O–H groups in total. The van der Waals surface area contributed by atoms with Crippen LogP contribution in [0.25, 0.3) is 0 Å². The molecule has 0 heteroatoms. The lowest BCUT2D eigenvalue weighted by molar-refractivity contribution is -0.0476. The van der Waals surface area contributed by atoms with Crippen LogP contribution >= 0.6 is 0 Å². The molecule has 0 aliphatic heterocycles. The van der Waals surface area contributed by atoms with Gasteiger partial charge in [-0.05, 0) is 62.2 Å². The van der Waals surface area contributed by atoms with E-state index in [4.69, 9.17) is 0 Å². The molecule has 4 rings (SSSR count). The third-order valence-corrected chi connectivity index (χ3v) is 4.41. The SMILES string of the molecule is C1CC2CCC1C1CCC21. The van der Waals surface area contributed by atoms with E-state index in [1.807, 2.05) is 0 Å². The molecule has 4 saturated carbocycles. The fourth-order valence-electron chi connectivity index (χ4n) is 3.72. The largest absolute Gasteiger partial charge is 0.0499 e. The van der Waals surface area contributed by atoms with Gasteiger partial charge in [0.1, 0.15) is 0 Å². The summed E-state index contributed by atoms with van der Waals surface area (Å²) in [7, 11) is 0. The number of rotatable bonds is 0. The van der Waals surface area contributed by atoms with Crippen molar-refractivity contribution in [3.05, 3.63) is 0 Å². The summed E-state index contributed by atoms with van der Waals surface area (Å²) in [5, 5.41) is 0. The Morgan fingerprint density at radius 1 is 0.500 bits per heavy atom. The maximum atomic E-state index is 1.59. The minimum Gasteiger partial charge on any atom is -0.0499 e. The molecule has 2 bridgehead atoms. The molecule has 0 heterocycles. The molecule has 10 heavy (non-hydrogen) atoms. The Kier molecular flexibility index (Phi) is 1.00. The summed E-state index contributed by atoms with van der Waals surface area (Å²) in [6.07, 6.45) is 9.53. The molecule has 4 aliphatic carbocycles. The van der Waals surface area contributed by atoms with Crippen molar-refractivity contribution in [2.75, 3.05) is 0 Å². The van der Waals surface area contributed by atoms with Gasteiger partial charge in [0.25, 0.3) is 0 Å². The van der Waals surface area contributed by atoms with E-state index in [1.165, 1.54) is 23.7 Å². The summed E-state index contributed by atoms with van der Waals surface area (Å²) < 4.78 is 0. The standard InChI is InChI=1S/C10H16/c1-2-8-4-3-7(1)9-5-6-10(8)9/h7-10H,1-6H2. The number of hydrogen-bond donors (Lipinski definition) is 0. The summed E-state index contributed by atoms with van der Waals surface area (Å²) in [5.74, 6) is 4.80. The minimum atomic E-state index is 1.18. The first-order valence-corrected chi connectivity index (χ1v) is 4.95. The normalized spacial score (nSPS) is 57.6. The van der Waals surface area contributed by atoms with Gasteiger partial charge in [-0.3, -0.25) is 0 Å². The van der Waals surface area contributed by atoms with E-state index in [1.54, 1.807) is 38.5 Å². The van der Waals surface area contributed by atoms with Gasteiger partial charge in [-0.2, -0.15) is 0 Å². The van der Waals surface area contributed by atoms with Crippen molar-refractivity contribution in [2.24, 2.45) is 23.7 Å². The molecule has 0 radical (unpaired) electrons. The Hall–Kier alpha value is 0. The molecule has 0 spiro atoms. The Morgan fingerprint density at radius 2 is 0.900 bits per heavy atom. The zero-order valence-electron chi connectivity index (χ0n) is 6.55. The Bertz CT molecular complexity index is 120. The van der Waals surface area contributed by atoms with E-state index in [0.717, 1.165) is 0 Å². The Morgan fingerprint density at radius 3 is 1.10 bits per heavy atom. The maximum Gasteiger partial charge on any atom is -0.0355 e. The lowest BCUT2D eigenvalue weighted by atomic mass is 9.50. The lowest BCUT2D eigenvalue weighted by Crippen LogP contribution is -2.45. The first-order chi connectivity index (χ1) is 4.95. The van der Waals surface area contributed by atoms with E-state index < -0.39 is 0 Å². The van der Waals surface area contributed by atoms with E-state index in [0.29, 0.717) is 0 Å². The van der Waals surface area contributed by atoms with Crippen molar-refractivity contribution >= 4 is 0 Å². The molecule has 0 amide bonds. The average Bonchev–Trinajstić information content (AvgIpc) is 1.88. The molecular weight excluding hydrogens is 120 g/mol. The van der Waals surface area contributed by atoms with Gasteiger partial charge < -0.3 is 0 Å².